The molecule has 1 aliphatic heterocycles. The molecule has 1 aliphatic rings. The van der Waals surface area contributed by atoms with Gasteiger partial charge in [0, 0.05) is 25.2 Å². The van der Waals surface area contributed by atoms with Crippen LogP contribution < -0.4 is 4.74 Å². The van der Waals surface area contributed by atoms with Crippen molar-refractivity contribution in [2.24, 2.45) is 5.92 Å². The van der Waals surface area contributed by atoms with Crippen LogP contribution in [0.25, 0.3) is 0 Å². The molecule has 1 aromatic heterocycles. The molecule has 0 N–H and O–H groups in total. The second-order valence-electron chi connectivity index (χ2n) is 6.30. The molecule has 0 bridgehead atoms. The molecule has 0 radical (unpaired) electrons. The summed E-state index contributed by atoms with van der Waals surface area (Å²) in [5.74, 6) is 0.207. The van der Waals surface area contributed by atoms with E-state index in [0.29, 0.717) is 13.2 Å². The number of aromatic nitrogens is 2. The molecule has 0 aliphatic carbocycles. The highest BCUT2D eigenvalue weighted by molar-refractivity contribution is 5.76. The molecule has 0 unspecified atom stereocenters. The van der Waals surface area contributed by atoms with Gasteiger partial charge < -0.3 is 9.64 Å². The molecule has 2 aromatic rings. The zero-order chi connectivity index (χ0) is 16.9. The van der Waals surface area contributed by atoms with Gasteiger partial charge in [0.15, 0.2) is 11.6 Å². The van der Waals surface area contributed by atoms with Crippen LogP contribution in [0.15, 0.2) is 36.7 Å². The molecule has 24 heavy (non-hydrogen) atoms. The van der Waals surface area contributed by atoms with Crippen molar-refractivity contribution in [2.75, 3.05) is 19.7 Å². The van der Waals surface area contributed by atoms with Crippen LogP contribution in [0.3, 0.4) is 0 Å². The lowest BCUT2D eigenvalue weighted by atomic mass is 9.99. The van der Waals surface area contributed by atoms with Crippen molar-refractivity contribution < 1.29 is 13.9 Å². The van der Waals surface area contributed by atoms with Crippen molar-refractivity contribution >= 4 is 5.91 Å². The van der Waals surface area contributed by atoms with E-state index in [2.05, 4.69) is 5.10 Å². The Morgan fingerprint density at radius 3 is 3.00 bits per heavy atom. The lowest BCUT2D eigenvalue weighted by Crippen LogP contribution is -2.43. The third-order valence-corrected chi connectivity index (χ3v) is 4.24. The van der Waals surface area contributed by atoms with Gasteiger partial charge in [-0.1, -0.05) is 12.1 Å². The molecule has 128 valence electrons. The average molecular weight is 331 g/mol. The first-order valence-corrected chi connectivity index (χ1v) is 8.26. The molecule has 1 saturated heterocycles. The van der Waals surface area contributed by atoms with Crippen LogP contribution in [0.1, 0.15) is 18.4 Å². The zero-order valence-corrected chi connectivity index (χ0v) is 13.8. The molecule has 1 amide bonds. The number of piperidine rings is 1. The van der Waals surface area contributed by atoms with E-state index in [9.17, 15) is 9.18 Å². The third kappa shape index (κ3) is 4.13. The first-order chi connectivity index (χ1) is 11.6. The van der Waals surface area contributed by atoms with Gasteiger partial charge >= 0.3 is 0 Å². The maximum atomic E-state index is 13.6. The number of hydrogen-bond acceptors (Lipinski definition) is 3. The average Bonchev–Trinajstić information content (AvgIpc) is 2.99. The highest BCUT2D eigenvalue weighted by atomic mass is 19.1. The molecule has 0 spiro atoms. The highest BCUT2D eigenvalue weighted by Gasteiger charge is 2.24. The predicted molar refractivity (Wildman–Crippen MR) is 88.2 cm³/mol. The fourth-order valence-electron chi connectivity index (χ4n) is 2.99. The number of benzene rings is 1. The number of carbonyl (C=O) groups is 1. The van der Waals surface area contributed by atoms with Gasteiger partial charge in [-0.15, -0.1) is 0 Å². The first kappa shape index (κ1) is 16.5. The number of para-hydroxylation sites is 1. The number of carbonyl (C=O) groups excluding carboxylic acids is 1. The Morgan fingerprint density at radius 1 is 1.42 bits per heavy atom. The normalized spacial score (nSPS) is 17.8. The molecule has 6 heteroatoms. The monoisotopic (exact) mass is 331 g/mol. The number of rotatable bonds is 5. The Hall–Kier alpha value is -2.37. The van der Waals surface area contributed by atoms with Gasteiger partial charge in [0.2, 0.25) is 5.91 Å². The fraction of sp³-hybridized carbons (Fsp3) is 0.444. The summed E-state index contributed by atoms with van der Waals surface area (Å²) in [4.78, 5) is 14.3. The van der Waals surface area contributed by atoms with Gasteiger partial charge in [-0.05, 0) is 37.5 Å². The van der Waals surface area contributed by atoms with Crippen LogP contribution in [0, 0.1) is 18.7 Å². The van der Waals surface area contributed by atoms with Gasteiger partial charge in [0.1, 0.15) is 6.54 Å². The largest absolute Gasteiger partial charge is 0.490 e. The van der Waals surface area contributed by atoms with Crippen molar-refractivity contribution in [2.45, 2.75) is 26.3 Å². The van der Waals surface area contributed by atoms with E-state index in [-0.39, 0.29) is 29.9 Å². The van der Waals surface area contributed by atoms with E-state index in [1.54, 1.807) is 29.1 Å². The lowest BCUT2D eigenvalue weighted by Gasteiger charge is -2.32. The minimum absolute atomic E-state index is 0.0636. The van der Waals surface area contributed by atoms with Gasteiger partial charge in [0.05, 0.1) is 12.8 Å². The Bertz CT molecular complexity index is 701. The molecule has 0 saturated carbocycles. The van der Waals surface area contributed by atoms with Crippen molar-refractivity contribution in [1.82, 2.24) is 14.7 Å². The van der Waals surface area contributed by atoms with E-state index in [1.165, 1.54) is 6.07 Å². The molecule has 1 fully saturated rings. The SMILES string of the molecule is Cc1cnn(CC(=O)N2CCC[C@@H](COc3ccccc3F)C2)c1. The summed E-state index contributed by atoms with van der Waals surface area (Å²) in [5.41, 5.74) is 1.04. The van der Waals surface area contributed by atoms with Crippen molar-refractivity contribution in [1.29, 1.82) is 0 Å². The minimum atomic E-state index is -0.352. The van der Waals surface area contributed by atoms with E-state index in [4.69, 9.17) is 4.74 Å². The number of likely N-dealkylation sites (tertiary alicyclic amines) is 1. The fourth-order valence-corrected chi connectivity index (χ4v) is 2.99. The van der Waals surface area contributed by atoms with E-state index >= 15 is 0 Å². The lowest BCUT2D eigenvalue weighted by molar-refractivity contribution is -0.134. The number of halogens is 1. The molecular formula is C18H22FN3O2. The maximum Gasteiger partial charge on any atom is 0.244 e. The molecular weight excluding hydrogens is 309 g/mol. The van der Waals surface area contributed by atoms with Gasteiger partial charge in [-0.25, -0.2) is 4.39 Å². The summed E-state index contributed by atoms with van der Waals surface area (Å²) < 4.78 is 20.9. The quantitative estimate of drug-likeness (QED) is 0.846. The number of ether oxygens (including phenoxy) is 1. The van der Waals surface area contributed by atoms with Gasteiger partial charge in [-0.3, -0.25) is 9.48 Å². The van der Waals surface area contributed by atoms with E-state index in [0.717, 1.165) is 24.9 Å². The second kappa shape index (κ2) is 7.47. The maximum absolute atomic E-state index is 13.6. The molecule has 1 atom stereocenters. The van der Waals surface area contributed by atoms with Crippen LogP contribution >= 0.6 is 0 Å². The Kier molecular flexibility index (Phi) is 5.13. The Morgan fingerprint density at radius 2 is 2.25 bits per heavy atom. The minimum Gasteiger partial charge on any atom is -0.490 e. The van der Waals surface area contributed by atoms with Gasteiger partial charge in [0.25, 0.3) is 0 Å². The number of hydrogen-bond donors (Lipinski definition) is 0. The summed E-state index contributed by atoms with van der Waals surface area (Å²) >= 11 is 0. The Labute approximate surface area is 141 Å². The number of amides is 1. The van der Waals surface area contributed by atoms with Crippen LogP contribution in [0.4, 0.5) is 4.39 Å². The van der Waals surface area contributed by atoms with Crippen molar-refractivity contribution in [3.63, 3.8) is 0 Å². The van der Waals surface area contributed by atoms with Crippen molar-refractivity contribution in [3.8, 4) is 5.75 Å². The molecule has 3 rings (SSSR count). The summed E-state index contributed by atoms with van der Waals surface area (Å²) in [6.07, 6.45) is 5.53. The smallest absolute Gasteiger partial charge is 0.244 e. The molecule has 1 aromatic carbocycles. The van der Waals surface area contributed by atoms with Crippen LogP contribution in [-0.2, 0) is 11.3 Å². The summed E-state index contributed by atoms with van der Waals surface area (Å²) in [6, 6.07) is 6.40. The summed E-state index contributed by atoms with van der Waals surface area (Å²) in [6.45, 7) is 4.04. The second-order valence-corrected chi connectivity index (χ2v) is 6.30. The van der Waals surface area contributed by atoms with Crippen LogP contribution in [0.2, 0.25) is 0 Å². The summed E-state index contributed by atoms with van der Waals surface area (Å²) in [5, 5.41) is 4.16. The van der Waals surface area contributed by atoms with Crippen LogP contribution in [-0.4, -0.2) is 40.3 Å². The zero-order valence-electron chi connectivity index (χ0n) is 13.8. The number of nitrogens with zero attached hydrogens (tertiary/aromatic N) is 3. The number of aryl methyl sites for hydroxylation is 1. The highest BCUT2D eigenvalue weighted by Crippen LogP contribution is 2.21. The van der Waals surface area contributed by atoms with E-state index in [1.807, 2.05) is 18.0 Å². The van der Waals surface area contributed by atoms with Crippen molar-refractivity contribution in [3.05, 3.63) is 48.0 Å². The molecule has 2 heterocycles. The topological polar surface area (TPSA) is 47.4 Å². The molecule has 5 nitrogen and oxygen atoms in total. The first-order valence-electron chi connectivity index (χ1n) is 8.26. The summed E-state index contributed by atoms with van der Waals surface area (Å²) in [7, 11) is 0. The third-order valence-electron chi connectivity index (χ3n) is 4.24. The predicted octanol–water partition coefficient (Wildman–Crippen LogP) is 2.65. The Balaban J connectivity index is 1.52. The standard InChI is InChI=1S/C18H22FN3O2/c1-14-9-20-22(10-14)12-18(23)21-8-4-5-15(11-21)13-24-17-7-3-2-6-16(17)19/h2-3,6-7,9-10,15H,4-5,8,11-13H2,1H3/t15-/m1/s1. The van der Waals surface area contributed by atoms with E-state index < -0.39 is 0 Å². The van der Waals surface area contributed by atoms with Crippen LogP contribution in [0.5, 0.6) is 5.75 Å². The van der Waals surface area contributed by atoms with Gasteiger partial charge in [-0.2, -0.15) is 5.10 Å².